The molecule has 2 fully saturated rings. The van der Waals surface area contributed by atoms with Crippen molar-refractivity contribution in [1.29, 1.82) is 0 Å². The minimum atomic E-state index is -0.204. The Bertz CT molecular complexity index is 560. The Hall–Kier alpha value is -1.57. The van der Waals surface area contributed by atoms with Crippen molar-refractivity contribution in [3.63, 3.8) is 0 Å². The van der Waals surface area contributed by atoms with E-state index in [1.807, 2.05) is 36.4 Å². The lowest BCUT2D eigenvalue weighted by Gasteiger charge is -2.35. The van der Waals surface area contributed by atoms with Crippen molar-refractivity contribution < 1.29 is 9.53 Å². The van der Waals surface area contributed by atoms with Crippen LogP contribution in [0.15, 0.2) is 36.4 Å². The molecule has 2 saturated carbocycles. The largest absolute Gasteiger partial charge is 0.459 e. The van der Waals surface area contributed by atoms with E-state index in [-0.39, 0.29) is 17.5 Å². The molecule has 0 spiro atoms. The SMILES string of the molecule is CC(C)C1C2CCC1(C)C(OC(=O)/C=C/c1ccccc1)C2. The van der Waals surface area contributed by atoms with E-state index >= 15 is 0 Å². The second kappa shape index (κ2) is 5.91. The summed E-state index contributed by atoms with van der Waals surface area (Å²) in [5.74, 6) is 1.90. The van der Waals surface area contributed by atoms with E-state index < -0.39 is 0 Å². The van der Waals surface area contributed by atoms with Crippen LogP contribution in [-0.4, -0.2) is 12.1 Å². The molecule has 22 heavy (non-hydrogen) atoms. The molecule has 0 aliphatic heterocycles. The molecule has 2 heteroatoms. The van der Waals surface area contributed by atoms with Crippen molar-refractivity contribution in [2.75, 3.05) is 0 Å². The Morgan fingerprint density at radius 2 is 2.05 bits per heavy atom. The predicted molar refractivity (Wildman–Crippen MR) is 89.1 cm³/mol. The second-order valence-electron chi connectivity index (χ2n) is 7.48. The quantitative estimate of drug-likeness (QED) is 0.594. The highest BCUT2D eigenvalue weighted by molar-refractivity contribution is 5.87. The second-order valence-corrected chi connectivity index (χ2v) is 7.48. The van der Waals surface area contributed by atoms with E-state index in [9.17, 15) is 4.79 Å². The fraction of sp³-hybridized carbons (Fsp3) is 0.550. The number of hydrogen-bond acceptors (Lipinski definition) is 2. The van der Waals surface area contributed by atoms with Gasteiger partial charge in [0.15, 0.2) is 0 Å². The van der Waals surface area contributed by atoms with Crippen molar-refractivity contribution >= 4 is 12.0 Å². The predicted octanol–water partition coefficient (Wildman–Crippen LogP) is 4.70. The molecule has 0 radical (unpaired) electrons. The lowest BCUT2D eigenvalue weighted by atomic mass is 9.74. The smallest absolute Gasteiger partial charge is 0.331 e. The maximum atomic E-state index is 12.2. The molecule has 3 rings (SSSR count). The number of fused-ring (bicyclic) bond motifs is 2. The molecule has 4 atom stereocenters. The van der Waals surface area contributed by atoms with Gasteiger partial charge in [-0.2, -0.15) is 0 Å². The van der Waals surface area contributed by atoms with Gasteiger partial charge in [-0.25, -0.2) is 4.79 Å². The Kier molecular flexibility index (Phi) is 4.12. The Labute approximate surface area is 133 Å². The van der Waals surface area contributed by atoms with Crippen molar-refractivity contribution in [3.05, 3.63) is 42.0 Å². The summed E-state index contributed by atoms with van der Waals surface area (Å²) in [5.41, 5.74) is 1.20. The normalized spacial score (nSPS) is 33.7. The molecule has 0 amide bonds. The Morgan fingerprint density at radius 1 is 1.32 bits per heavy atom. The highest BCUT2D eigenvalue weighted by atomic mass is 16.5. The number of carbonyl (C=O) groups excluding carboxylic acids is 1. The van der Waals surface area contributed by atoms with Gasteiger partial charge < -0.3 is 4.74 Å². The first-order valence-electron chi connectivity index (χ1n) is 8.44. The highest BCUT2D eigenvalue weighted by Crippen LogP contribution is 2.61. The summed E-state index contributed by atoms with van der Waals surface area (Å²) in [6.07, 6.45) is 7.03. The highest BCUT2D eigenvalue weighted by Gasteiger charge is 2.58. The summed E-state index contributed by atoms with van der Waals surface area (Å²) in [4.78, 5) is 12.2. The Morgan fingerprint density at radius 3 is 2.68 bits per heavy atom. The van der Waals surface area contributed by atoms with E-state index in [0.29, 0.717) is 11.8 Å². The molecule has 0 heterocycles. The third-order valence-corrected chi connectivity index (χ3v) is 5.76. The molecular formula is C20H26O2. The van der Waals surface area contributed by atoms with Crippen LogP contribution in [0.1, 0.15) is 45.6 Å². The van der Waals surface area contributed by atoms with Crippen molar-refractivity contribution in [3.8, 4) is 0 Å². The number of esters is 1. The van der Waals surface area contributed by atoms with E-state index in [2.05, 4.69) is 20.8 Å². The van der Waals surface area contributed by atoms with E-state index in [1.165, 1.54) is 12.8 Å². The van der Waals surface area contributed by atoms with Gasteiger partial charge in [-0.05, 0) is 48.7 Å². The first-order chi connectivity index (χ1) is 10.5. The van der Waals surface area contributed by atoms with E-state index in [4.69, 9.17) is 4.74 Å². The maximum absolute atomic E-state index is 12.2. The molecule has 1 aromatic rings. The number of rotatable bonds is 4. The third kappa shape index (κ3) is 2.71. The molecular weight excluding hydrogens is 272 g/mol. The third-order valence-electron chi connectivity index (χ3n) is 5.76. The van der Waals surface area contributed by atoms with Crippen LogP contribution < -0.4 is 0 Å². The molecule has 4 unspecified atom stereocenters. The van der Waals surface area contributed by atoms with Gasteiger partial charge in [0, 0.05) is 11.5 Å². The summed E-state index contributed by atoms with van der Waals surface area (Å²) >= 11 is 0. The zero-order valence-corrected chi connectivity index (χ0v) is 13.8. The monoisotopic (exact) mass is 298 g/mol. The molecule has 118 valence electrons. The van der Waals surface area contributed by atoms with Gasteiger partial charge in [-0.1, -0.05) is 51.1 Å². The van der Waals surface area contributed by atoms with E-state index in [1.54, 1.807) is 6.08 Å². The summed E-state index contributed by atoms with van der Waals surface area (Å²) in [6, 6.07) is 9.87. The van der Waals surface area contributed by atoms with Crippen LogP contribution >= 0.6 is 0 Å². The molecule has 1 aromatic carbocycles. The van der Waals surface area contributed by atoms with Crippen LogP contribution in [0.5, 0.6) is 0 Å². The fourth-order valence-electron chi connectivity index (χ4n) is 4.96. The van der Waals surface area contributed by atoms with Crippen LogP contribution in [0.4, 0.5) is 0 Å². The van der Waals surface area contributed by atoms with Crippen LogP contribution in [0.3, 0.4) is 0 Å². The summed E-state index contributed by atoms with van der Waals surface area (Å²) in [6.45, 7) is 6.94. The lowest BCUT2D eigenvalue weighted by molar-refractivity contribution is -0.149. The van der Waals surface area contributed by atoms with Gasteiger partial charge in [0.1, 0.15) is 6.10 Å². The standard InChI is InChI=1S/C20H26O2/c1-14(2)19-16-11-12-20(19,3)17(13-16)22-18(21)10-9-15-7-5-4-6-8-15/h4-10,14,16-17,19H,11-13H2,1-3H3/b10-9+. The van der Waals surface area contributed by atoms with Gasteiger partial charge in [0.25, 0.3) is 0 Å². The zero-order valence-electron chi connectivity index (χ0n) is 13.8. The van der Waals surface area contributed by atoms with Gasteiger partial charge in [-0.15, -0.1) is 0 Å². The molecule has 2 aliphatic carbocycles. The molecule has 2 nitrogen and oxygen atoms in total. The molecule has 2 bridgehead atoms. The molecule has 0 saturated heterocycles. The zero-order chi connectivity index (χ0) is 15.7. The van der Waals surface area contributed by atoms with Gasteiger partial charge in [-0.3, -0.25) is 0 Å². The number of hydrogen-bond donors (Lipinski definition) is 0. The molecule has 0 N–H and O–H groups in total. The van der Waals surface area contributed by atoms with E-state index in [0.717, 1.165) is 17.9 Å². The maximum Gasteiger partial charge on any atom is 0.331 e. The van der Waals surface area contributed by atoms with Crippen molar-refractivity contribution in [1.82, 2.24) is 0 Å². The van der Waals surface area contributed by atoms with Crippen LogP contribution in [-0.2, 0) is 9.53 Å². The number of benzene rings is 1. The van der Waals surface area contributed by atoms with Crippen LogP contribution in [0.2, 0.25) is 0 Å². The summed E-state index contributed by atoms with van der Waals surface area (Å²) < 4.78 is 5.82. The minimum absolute atomic E-state index is 0.0894. The summed E-state index contributed by atoms with van der Waals surface area (Å²) in [7, 11) is 0. The lowest BCUT2D eigenvalue weighted by Crippen LogP contribution is -2.35. The number of carbonyl (C=O) groups is 1. The van der Waals surface area contributed by atoms with Crippen LogP contribution in [0, 0.1) is 23.2 Å². The van der Waals surface area contributed by atoms with Crippen LogP contribution in [0.25, 0.3) is 6.08 Å². The first kappa shape index (κ1) is 15.3. The average molecular weight is 298 g/mol. The topological polar surface area (TPSA) is 26.3 Å². The van der Waals surface area contributed by atoms with Gasteiger partial charge in [0.2, 0.25) is 0 Å². The minimum Gasteiger partial charge on any atom is -0.459 e. The average Bonchev–Trinajstić information content (AvgIpc) is 2.96. The summed E-state index contributed by atoms with van der Waals surface area (Å²) in [5, 5.41) is 0. The Balaban J connectivity index is 1.65. The number of ether oxygens (including phenoxy) is 1. The van der Waals surface area contributed by atoms with Gasteiger partial charge >= 0.3 is 5.97 Å². The van der Waals surface area contributed by atoms with Crippen molar-refractivity contribution in [2.45, 2.75) is 46.1 Å². The molecule has 2 aliphatic rings. The van der Waals surface area contributed by atoms with Crippen molar-refractivity contribution in [2.24, 2.45) is 23.2 Å². The van der Waals surface area contributed by atoms with Gasteiger partial charge in [0.05, 0.1) is 0 Å². The first-order valence-corrected chi connectivity index (χ1v) is 8.44. The fourth-order valence-corrected chi connectivity index (χ4v) is 4.96. The molecule has 0 aromatic heterocycles.